The van der Waals surface area contributed by atoms with Gasteiger partial charge in [-0.15, -0.1) is 0 Å². The van der Waals surface area contributed by atoms with Gasteiger partial charge in [0.25, 0.3) is 0 Å². The molecule has 0 radical (unpaired) electrons. The Bertz CT molecular complexity index is 357. The maximum absolute atomic E-state index is 8.75. The highest BCUT2D eigenvalue weighted by molar-refractivity contribution is 7.98. The molecule has 0 bridgehead atoms. The lowest BCUT2D eigenvalue weighted by molar-refractivity contribution is 0.287. The first kappa shape index (κ1) is 10.7. The van der Waals surface area contributed by atoms with Crippen LogP contribution in [0.1, 0.15) is 23.5 Å². The van der Waals surface area contributed by atoms with Gasteiger partial charge in [0.05, 0.1) is 5.69 Å². The largest absolute Gasteiger partial charge is 0.396 e. The number of rotatable bonds is 3. The fraction of sp³-hybridized carbons (Fsp3) is 0.600. The zero-order valence-corrected chi connectivity index (χ0v) is 9.39. The number of nitrogens with zero attached hydrogens (tertiary/aromatic N) is 2. The highest BCUT2D eigenvalue weighted by Gasteiger charge is 2.15. The Labute approximate surface area is 93.3 Å². The van der Waals surface area contributed by atoms with Crippen molar-refractivity contribution >= 4 is 17.6 Å². The summed E-state index contributed by atoms with van der Waals surface area (Å²) < 4.78 is 0. The van der Waals surface area contributed by atoms with E-state index in [9.17, 15) is 0 Å². The molecule has 1 aliphatic heterocycles. The number of aliphatic hydroxyl groups excluding tert-OH is 1. The third-order valence-corrected chi connectivity index (χ3v) is 3.44. The molecule has 2 rings (SSSR count). The molecule has 0 atom stereocenters. The minimum Gasteiger partial charge on any atom is -0.396 e. The SMILES string of the molecule is Nc1nc(CCCO)nc2c1CSCC2. The van der Waals surface area contributed by atoms with Crippen LogP contribution in [0.25, 0.3) is 0 Å². The first-order valence-electron chi connectivity index (χ1n) is 5.14. The van der Waals surface area contributed by atoms with Gasteiger partial charge in [-0.3, -0.25) is 0 Å². The minimum absolute atomic E-state index is 0.177. The second-order valence-electron chi connectivity index (χ2n) is 3.58. The van der Waals surface area contributed by atoms with E-state index < -0.39 is 0 Å². The fourth-order valence-electron chi connectivity index (χ4n) is 1.66. The van der Waals surface area contributed by atoms with Gasteiger partial charge in [-0.25, -0.2) is 9.97 Å². The van der Waals surface area contributed by atoms with Crippen LogP contribution in [-0.2, 0) is 18.6 Å². The molecule has 0 saturated heterocycles. The van der Waals surface area contributed by atoms with Crippen LogP contribution in [0.5, 0.6) is 0 Å². The fourth-order valence-corrected chi connectivity index (χ4v) is 2.66. The van der Waals surface area contributed by atoms with Crippen LogP contribution in [-0.4, -0.2) is 27.4 Å². The van der Waals surface area contributed by atoms with Gasteiger partial charge >= 0.3 is 0 Å². The molecule has 0 saturated carbocycles. The van der Waals surface area contributed by atoms with Gasteiger partial charge in [0.15, 0.2) is 0 Å². The zero-order valence-electron chi connectivity index (χ0n) is 8.57. The highest BCUT2D eigenvalue weighted by Crippen LogP contribution is 2.26. The number of aryl methyl sites for hydroxylation is 2. The third kappa shape index (κ3) is 2.41. The van der Waals surface area contributed by atoms with Crippen molar-refractivity contribution < 1.29 is 5.11 Å². The van der Waals surface area contributed by atoms with Crippen molar-refractivity contribution in [2.45, 2.75) is 25.0 Å². The number of nitrogens with two attached hydrogens (primary N) is 1. The molecule has 0 amide bonds. The van der Waals surface area contributed by atoms with Crippen LogP contribution in [0, 0.1) is 0 Å². The van der Waals surface area contributed by atoms with Crippen molar-refractivity contribution in [1.29, 1.82) is 0 Å². The second-order valence-corrected chi connectivity index (χ2v) is 4.69. The molecule has 0 unspecified atom stereocenters. The Morgan fingerprint density at radius 2 is 2.27 bits per heavy atom. The summed E-state index contributed by atoms with van der Waals surface area (Å²) in [5, 5.41) is 8.75. The molecule has 2 heterocycles. The topological polar surface area (TPSA) is 72.0 Å². The Balaban J connectivity index is 2.24. The lowest BCUT2D eigenvalue weighted by Gasteiger charge is -2.16. The van der Waals surface area contributed by atoms with E-state index in [2.05, 4.69) is 9.97 Å². The van der Waals surface area contributed by atoms with Crippen molar-refractivity contribution in [3.8, 4) is 0 Å². The smallest absolute Gasteiger partial charge is 0.131 e. The molecule has 0 fully saturated rings. The van der Waals surface area contributed by atoms with Gasteiger partial charge in [-0.1, -0.05) is 0 Å². The summed E-state index contributed by atoms with van der Waals surface area (Å²) in [5.74, 6) is 3.44. The number of hydrogen-bond donors (Lipinski definition) is 2. The monoisotopic (exact) mass is 225 g/mol. The Morgan fingerprint density at radius 3 is 3.07 bits per heavy atom. The first-order valence-corrected chi connectivity index (χ1v) is 6.29. The summed E-state index contributed by atoms with van der Waals surface area (Å²) in [7, 11) is 0. The summed E-state index contributed by atoms with van der Waals surface area (Å²) in [4.78, 5) is 8.76. The second kappa shape index (κ2) is 4.81. The summed E-state index contributed by atoms with van der Waals surface area (Å²) >= 11 is 1.88. The van der Waals surface area contributed by atoms with Crippen molar-refractivity contribution in [2.75, 3.05) is 18.1 Å². The number of aliphatic hydroxyl groups is 1. The molecule has 4 nitrogen and oxygen atoms in total. The molecule has 82 valence electrons. The molecular weight excluding hydrogens is 210 g/mol. The molecular formula is C10H15N3OS. The molecule has 1 aromatic rings. The average Bonchev–Trinajstić information content (AvgIpc) is 2.26. The lowest BCUT2D eigenvalue weighted by atomic mass is 10.1. The van der Waals surface area contributed by atoms with E-state index in [0.29, 0.717) is 18.7 Å². The van der Waals surface area contributed by atoms with Gasteiger partial charge in [-0.2, -0.15) is 11.8 Å². The average molecular weight is 225 g/mol. The number of fused-ring (bicyclic) bond motifs is 1. The molecule has 3 N–H and O–H groups in total. The zero-order chi connectivity index (χ0) is 10.7. The minimum atomic E-state index is 0.177. The van der Waals surface area contributed by atoms with E-state index in [1.54, 1.807) is 0 Å². The number of thioether (sulfide) groups is 1. The predicted molar refractivity (Wildman–Crippen MR) is 61.7 cm³/mol. The van der Waals surface area contributed by atoms with E-state index in [4.69, 9.17) is 10.8 Å². The first-order chi connectivity index (χ1) is 7.31. The summed E-state index contributed by atoms with van der Waals surface area (Å²) in [6.45, 7) is 0.177. The highest BCUT2D eigenvalue weighted by atomic mass is 32.2. The predicted octanol–water partition coefficient (Wildman–Crippen LogP) is 0.773. The van der Waals surface area contributed by atoms with Gasteiger partial charge in [0, 0.05) is 24.3 Å². The number of aromatic nitrogens is 2. The molecule has 1 aromatic heterocycles. The molecule has 15 heavy (non-hydrogen) atoms. The molecule has 1 aliphatic rings. The quantitative estimate of drug-likeness (QED) is 0.795. The summed E-state index contributed by atoms with van der Waals surface area (Å²) in [5.41, 5.74) is 8.10. The Morgan fingerprint density at radius 1 is 1.40 bits per heavy atom. The van der Waals surface area contributed by atoms with Crippen LogP contribution >= 0.6 is 11.8 Å². The summed E-state index contributed by atoms with van der Waals surface area (Å²) in [6, 6.07) is 0. The van der Waals surface area contributed by atoms with Crippen LogP contribution in [0.4, 0.5) is 5.82 Å². The van der Waals surface area contributed by atoms with Crippen LogP contribution in [0.2, 0.25) is 0 Å². The van der Waals surface area contributed by atoms with Crippen LogP contribution < -0.4 is 5.73 Å². The van der Waals surface area contributed by atoms with E-state index >= 15 is 0 Å². The Hall–Kier alpha value is -0.810. The van der Waals surface area contributed by atoms with E-state index in [1.807, 2.05) is 11.8 Å². The van der Waals surface area contributed by atoms with E-state index in [0.717, 1.165) is 35.0 Å². The van der Waals surface area contributed by atoms with Crippen molar-refractivity contribution in [1.82, 2.24) is 9.97 Å². The van der Waals surface area contributed by atoms with Gasteiger partial charge in [0.2, 0.25) is 0 Å². The number of hydrogen-bond acceptors (Lipinski definition) is 5. The van der Waals surface area contributed by atoms with Crippen LogP contribution in [0.15, 0.2) is 0 Å². The van der Waals surface area contributed by atoms with Gasteiger partial charge < -0.3 is 10.8 Å². The van der Waals surface area contributed by atoms with Crippen molar-refractivity contribution in [2.24, 2.45) is 0 Å². The van der Waals surface area contributed by atoms with Crippen molar-refractivity contribution in [3.05, 3.63) is 17.1 Å². The molecule has 0 aliphatic carbocycles. The lowest BCUT2D eigenvalue weighted by Crippen LogP contribution is -2.13. The molecule has 0 spiro atoms. The maximum Gasteiger partial charge on any atom is 0.131 e. The normalized spacial score (nSPS) is 15.0. The van der Waals surface area contributed by atoms with Gasteiger partial charge in [0.1, 0.15) is 11.6 Å². The van der Waals surface area contributed by atoms with E-state index in [1.165, 1.54) is 0 Å². The number of nitrogen functional groups attached to an aromatic ring is 1. The molecule has 0 aromatic carbocycles. The summed E-state index contributed by atoms with van der Waals surface area (Å²) in [6.07, 6.45) is 2.40. The Kier molecular flexibility index (Phi) is 3.43. The number of anilines is 1. The van der Waals surface area contributed by atoms with E-state index in [-0.39, 0.29) is 6.61 Å². The molecule has 5 heteroatoms. The van der Waals surface area contributed by atoms with Gasteiger partial charge in [-0.05, 0) is 18.6 Å². The van der Waals surface area contributed by atoms with Crippen LogP contribution in [0.3, 0.4) is 0 Å². The maximum atomic E-state index is 8.75. The standard InChI is InChI=1S/C10H15N3OS/c11-10-7-6-15-5-3-8(7)12-9(13-10)2-1-4-14/h14H,1-6H2,(H2,11,12,13). The third-order valence-electron chi connectivity index (χ3n) is 2.46. The van der Waals surface area contributed by atoms with Crippen molar-refractivity contribution in [3.63, 3.8) is 0 Å².